The van der Waals surface area contributed by atoms with E-state index in [-0.39, 0.29) is 24.0 Å². The van der Waals surface area contributed by atoms with Crippen molar-refractivity contribution in [3.8, 4) is 0 Å². The van der Waals surface area contributed by atoms with E-state index < -0.39 is 0 Å². The summed E-state index contributed by atoms with van der Waals surface area (Å²) < 4.78 is 4.12. The maximum atomic E-state index is 4.63. The molecule has 8 nitrogen and oxygen atoms in total. The molecule has 0 aliphatic heterocycles. The standard InChI is InChI=1S/C18H26N8.HI/c1-4-19-18(21-11-16-20-8-10-25(16)13-14(2)3)22-12-17-24-23-15-7-5-6-9-26(15)17;/h5-10,14H,4,11-13H2,1-3H3,(H2,19,21,22);1H. The van der Waals surface area contributed by atoms with Gasteiger partial charge in [0.25, 0.3) is 0 Å². The molecule has 0 saturated heterocycles. The van der Waals surface area contributed by atoms with Gasteiger partial charge in [0, 0.05) is 31.7 Å². The van der Waals surface area contributed by atoms with Crippen molar-refractivity contribution >= 4 is 35.6 Å². The van der Waals surface area contributed by atoms with Gasteiger partial charge in [0.2, 0.25) is 0 Å². The van der Waals surface area contributed by atoms with E-state index in [0.717, 1.165) is 36.3 Å². The molecule has 0 spiro atoms. The molecule has 3 aromatic rings. The highest BCUT2D eigenvalue weighted by Crippen LogP contribution is 2.05. The van der Waals surface area contributed by atoms with Gasteiger partial charge in [-0.1, -0.05) is 19.9 Å². The van der Waals surface area contributed by atoms with Crippen LogP contribution < -0.4 is 10.6 Å². The SMILES string of the molecule is CCNC(=NCc1nnc2ccccn12)NCc1nccn1CC(C)C.I. The molecule has 3 heterocycles. The molecule has 0 aliphatic carbocycles. The van der Waals surface area contributed by atoms with Crippen LogP contribution in [0.3, 0.4) is 0 Å². The van der Waals surface area contributed by atoms with Crippen LogP contribution in [-0.2, 0) is 19.6 Å². The summed E-state index contributed by atoms with van der Waals surface area (Å²) in [6, 6.07) is 5.84. The number of imidazole rings is 1. The lowest BCUT2D eigenvalue weighted by atomic mass is 10.2. The quantitative estimate of drug-likeness (QED) is 0.307. The van der Waals surface area contributed by atoms with Crippen LogP contribution in [0, 0.1) is 5.92 Å². The first-order chi connectivity index (χ1) is 12.7. The van der Waals surface area contributed by atoms with Gasteiger partial charge in [-0.25, -0.2) is 9.98 Å². The number of fused-ring (bicyclic) bond motifs is 1. The van der Waals surface area contributed by atoms with Gasteiger partial charge in [-0.3, -0.25) is 4.40 Å². The minimum atomic E-state index is 0. The van der Waals surface area contributed by atoms with Crippen molar-refractivity contribution in [3.05, 3.63) is 48.4 Å². The lowest BCUT2D eigenvalue weighted by Crippen LogP contribution is -2.37. The summed E-state index contributed by atoms with van der Waals surface area (Å²) in [6.45, 7) is 9.25. The number of hydrogen-bond donors (Lipinski definition) is 2. The first-order valence-corrected chi connectivity index (χ1v) is 8.98. The topological polar surface area (TPSA) is 84.4 Å². The van der Waals surface area contributed by atoms with Crippen LogP contribution in [0.5, 0.6) is 0 Å². The Morgan fingerprint density at radius 2 is 2.00 bits per heavy atom. The monoisotopic (exact) mass is 482 g/mol. The van der Waals surface area contributed by atoms with Crippen molar-refractivity contribution in [1.82, 2.24) is 34.8 Å². The van der Waals surface area contributed by atoms with Gasteiger partial charge in [-0.2, -0.15) is 0 Å². The normalized spacial score (nSPS) is 11.6. The predicted octanol–water partition coefficient (Wildman–Crippen LogP) is 2.46. The molecule has 0 bridgehead atoms. The van der Waals surface area contributed by atoms with E-state index in [1.165, 1.54) is 0 Å². The molecule has 0 saturated carbocycles. The van der Waals surface area contributed by atoms with Gasteiger partial charge >= 0.3 is 0 Å². The highest BCUT2D eigenvalue weighted by atomic mass is 127. The summed E-state index contributed by atoms with van der Waals surface area (Å²) in [7, 11) is 0. The Hall–Kier alpha value is -2.17. The Balaban J connectivity index is 0.00000261. The third kappa shape index (κ3) is 5.65. The fraction of sp³-hybridized carbons (Fsp3) is 0.444. The van der Waals surface area contributed by atoms with E-state index in [0.29, 0.717) is 19.0 Å². The van der Waals surface area contributed by atoms with Crippen LogP contribution in [0.1, 0.15) is 32.4 Å². The molecule has 0 atom stereocenters. The summed E-state index contributed by atoms with van der Waals surface area (Å²) >= 11 is 0. The molecule has 3 rings (SSSR count). The van der Waals surface area contributed by atoms with Gasteiger partial charge in [-0.15, -0.1) is 34.2 Å². The van der Waals surface area contributed by atoms with Crippen LogP contribution >= 0.6 is 24.0 Å². The molecule has 2 N–H and O–H groups in total. The Morgan fingerprint density at radius 1 is 1.15 bits per heavy atom. The van der Waals surface area contributed by atoms with Crippen molar-refractivity contribution < 1.29 is 0 Å². The second-order valence-corrected chi connectivity index (χ2v) is 6.48. The molecule has 0 unspecified atom stereocenters. The van der Waals surface area contributed by atoms with Gasteiger partial charge in [0.05, 0.1) is 6.54 Å². The summed E-state index contributed by atoms with van der Waals surface area (Å²) in [5.41, 5.74) is 0.825. The maximum Gasteiger partial charge on any atom is 0.192 e. The average molecular weight is 482 g/mol. The first-order valence-electron chi connectivity index (χ1n) is 8.98. The zero-order valence-corrected chi connectivity index (χ0v) is 18.3. The molecule has 0 radical (unpaired) electrons. The lowest BCUT2D eigenvalue weighted by molar-refractivity contribution is 0.503. The molecule has 9 heteroatoms. The minimum Gasteiger partial charge on any atom is -0.357 e. The van der Waals surface area contributed by atoms with Crippen molar-refractivity contribution in [2.75, 3.05) is 6.54 Å². The summed E-state index contributed by atoms with van der Waals surface area (Å²) in [6.07, 6.45) is 5.80. The van der Waals surface area contributed by atoms with Crippen molar-refractivity contribution in [2.45, 2.75) is 40.4 Å². The summed E-state index contributed by atoms with van der Waals surface area (Å²) in [5, 5.41) is 15.0. The molecule has 0 amide bonds. The van der Waals surface area contributed by atoms with Crippen LogP contribution in [0.2, 0.25) is 0 Å². The third-order valence-corrected chi connectivity index (χ3v) is 3.88. The van der Waals surface area contributed by atoms with E-state index in [1.54, 1.807) is 0 Å². The van der Waals surface area contributed by atoms with E-state index >= 15 is 0 Å². The van der Waals surface area contributed by atoms with E-state index in [2.05, 4.69) is 49.2 Å². The molecular formula is C18H27IN8. The average Bonchev–Trinajstić information content (AvgIpc) is 3.24. The lowest BCUT2D eigenvalue weighted by Gasteiger charge is -2.13. The van der Waals surface area contributed by atoms with E-state index in [9.17, 15) is 0 Å². The maximum absolute atomic E-state index is 4.63. The van der Waals surface area contributed by atoms with E-state index in [4.69, 9.17) is 0 Å². The molecular weight excluding hydrogens is 455 g/mol. The van der Waals surface area contributed by atoms with Crippen LogP contribution in [0.25, 0.3) is 5.65 Å². The number of hydrogen-bond acceptors (Lipinski definition) is 4. The van der Waals surface area contributed by atoms with Crippen molar-refractivity contribution in [3.63, 3.8) is 0 Å². The highest BCUT2D eigenvalue weighted by Gasteiger charge is 2.07. The van der Waals surface area contributed by atoms with Crippen LogP contribution in [0.4, 0.5) is 0 Å². The zero-order valence-electron chi connectivity index (χ0n) is 16.0. The fourth-order valence-corrected chi connectivity index (χ4v) is 2.72. The Morgan fingerprint density at radius 3 is 2.78 bits per heavy atom. The van der Waals surface area contributed by atoms with Gasteiger partial charge in [0.15, 0.2) is 17.4 Å². The zero-order chi connectivity index (χ0) is 18.4. The van der Waals surface area contributed by atoms with Gasteiger partial charge < -0.3 is 15.2 Å². The fourth-order valence-electron chi connectivity index (χ4n) is 2.72. The number of guanidine groups is 1. The molecule has 3 aromatic heterocycles. The number of halogens is 1. The Kier molecular flexibility index (Phi) is 8.01. The summed E-state index contributed by atoms with van der Waals surface area (Å²) in [4.78, 5) is 9.07. The molecule has 0 aliphatic rings. The summed E-state index contributed by atoms with van der Waals surface area (Å²) in [5.74, 6) is 3.11. The molecule has 146 valence electrons. The minimum absolute atomic E-state index is 0. The largest absolute Gasteiger partial charge is 0.357 e. The number of aliphatic imine (C=N–C) groups is 1. The number of rotatable bonds is 7. The molecule has 0 aromatic carbocycles. The Bertz CT molecular complexity index is 867. The smallest absolute Gasteiger partial charge is 0.192 e. The van der Waals surface area contributed by atoms with Crippen molar-refractivity contribution in [1.29, 1.82) is 0 Å². The number of aromatic nitrogens is 5. The second kappa shape index (κ2) is 10.2. The van der Waals surface area contributed by atoms with Gasteiger partial charge in [0.1, 0.15) is 12.4 Å². The third-order valence-electron chi connectivity index (χ3n) is 3.88. The first kappa shape index (κ1) is 21.1. The number of pyridine rings is 1. The van der Waals surface area contributed by atoms with Gasteiger partial charge in [-0.05, 0) is 25.0 Å². The second-order valence-electron chi connectivity index (χ2n) is 6.48. The van der Waals surface area contributed by atoms with E-state index in [1.807, 2.05) is 48.1 Å². The number of nitrogens with one attached hydrogen (secondary N) is 2. The van der Waals surface area contributed by atoms with Crippen molar-refractivity contribution in [2.24, 2.45) is 10.9 Å². The van der Waals surface area contributed by atoms with Crippen LogP contribution in [0.15, 0.2) is 41.8 Å². The molecule has 27 heavy (non-hydrogen) atoms. The number of nitrogens with zero attached hydrogens (tertiary/aromatic N) is 6. The molecule has 0 fully saturated rings. The highest BCUT2D eigenvalue weighted by molar-refractivity contribution is 14.0. The Labute approximate surface area is 176 Å². The van der Waals surface area contributed by atoms with Crippen LogP contribution in [-0.4, -0.2) is 36.7 Å². The predicted molar refractivity (Wildman–Crippen MR) is 117 cm³/mol.